The van der Waals surface area contributed by atoms with Crippen molar-refractivity contribution < 1.29 is 9.84 Å². The first-order chi connectivity index (χ1) is 7.31. The molecule has 2 rings (SSSR count). The van der Waals surface area contributed by atoms with Crippen molar-refractivity contribution in [3.63, 3.8) is 0 Å². The van der Waals surface area contributed by atoms with Crippen LogP contribution in [0.2, 0.25) is 0 Å². The van der Waals surface area contributed by atoms with E-state index in [0.29, 0.717) is 17.0 Å². The summed E-state index contributed by atoms with van der Waals surface area (Å²) in [6.07, 6.45) is 2.36. The van der Waals surface area contributed by atoms with Gasteiger partial charge in [0.1, 0.15) is 17.5 Å². The van der Waals surface area contributed by atoms with Crippen molar-refractivity contribution in [2.75, 3.05) is 7.11 Å². The van der Waals surface area contributed by atoms with E-state index in [2.05, 4.69) is 14.6 Å². The molecule has 1 unspecified atom stereocenters. The number of pyridine rings is 1. The van der Waals surface area contributed by atoms with Crippen LogP contribution in [0.4, 0.5) is 0 Å². The number of hydrogen-bond acceptors (Lipinski definition) is 6. The number of aliphatic hydroxyl groups is 1. The largest absolute Gasteiger partial charge is 0.495 e. The molecule has 78 valence electrons. The average Bonchev–Trinajstić information content (AvgIpc) is 2.81. The predicted molar refractivity (Wildman–Crippen MR) is 54.8 cm³/mol. The van der Waals surface area contributed by atoms with Crippen molar-refractivity contribution >= 4 is 11.5 Å². The zero-order chi connectivity index (χ0) is 10.7. The standard InChI is InChI=1S/C9H9N3O2S/c1-14-7-2-6(3-10-4-7)9(13)8-5-15-12-11-8/h2-5,9,13H,1H3. The Kier molecular flexibility index (Phi) is 2.89. The Labute approximate surface area is 90.5 Å². The molecule has 2 heterocycles. The molecule has 1 N–H and O–H groups in total. The van der Waals surface area contributed by atoms with Crippen LogP contribution in [0.3, 0.4) is 0 Å². The van der Waals surface area contributed by atoms with E-state index in [4.69, 9.17) is 4.74 Å². The molecule has 2 aromatic rings. The van der Waals surface area contributed by atoms with Gasteiger partial charge in [0.2, 0.25) is 0 Å². The molecule has 0 aliphatic carbocycles. The van der Waals surface area contributed by atoms with Gasteiger partial charge in [0.25, 0.3) is 0 Å². The number of aromatic nitrogens is 3. The van der Waals surface area contributed by atoms with Gasteiger partial charge in [-0.25, -0.2) is 0 Å². The van der Waals surface area contributed by atoms with Crippen molar-refractivity contribution in [1.82, 2.24) is 14.6 Å². The van der Waals surface area contributed by atoms with Gasteiger partial charge >= 0.3 is 0 Å². The van der Waals surface area contributed by atoms with Crippen LogP contribution < -0.4 is 4.74 Å². The zero-order valence-electron chi connectivity index (χ0n) is 7.99. The molecule has 1 atom stereocenters. The fraction of sp³-hybridized carbons (Fsp3) is 0.222. The van der Waals surface area contributed by atoms with Crippen LogP contribution in [0.1, 0.15) is 17.4 Å². The molecule has 0 aliphatic heterocycles. The first-order valence-electron chi connectivity index (χ1n) is 4.25. The predicted octanol–water partition coefficient (Wildman–Crippen LogP) is 1.02. The van der Waals surface area contributed by atoms with Gasteiger partial charge in [0, 0.05) is 17.1 Å². The molecule has 15 heavy (non-hydrogen) atoms. The van der Waals surface area contributed by atoms with Crippen LogP contribution in [-0.4, -0.2) is 26.8 Å². The summed E-state index contributed by atoms with van der Waals surface area (Å²) in [5, 5.41) is 15.4. The van der Waals surface area contributed by atoms with Gasteiger partial charge in [0.05, 0.1) is 13.3 Å². The Hall–Kier alpha value is -1.53. The smallest absolute Gasteiger partial charge is 0.137 e. The number of aliphatic hydroxyl groups excluding tert-OH is 1. The minimum absolute atomic E-state index is 0.523. The molecule has 0 radical (unpaired) electrons. The maximum Gasteiger partial charge on any atom is 0.137 e. The number of ether oxygens (including phenoxy) is 1. The summed E-state index contributed by atoms with van der Waals surface area (Å²) in [6, 6.07) is 1.72. The van der Waals surface area contributed by atoms with E-state index in [1.807, 2.05) is 0 Å². The van der Waals surface area contributed by atoms with E-state index in [-0.39, 0.29) is 0 Å². The van der Waals surface area contributed by atoms with Crippen LogP contribution in [0.15, 0.2) is 23.8 Å². The average molecular weight is 223 g/mol. The highest BCUT2D eigenvalue weighted by molar-refractivity contribution is 7.03. The molecule has 2 aromatic heterocycles. The van der Waals surface area contributed by atoms with Crippen LogP contribution in [-0.2, 0) is 0 Å². The van der Waals surface area contributed by atoms with E-state index in [9.17, 15) is 5.11 Å². The van der Waals surface area contributed by atoms with E-state index < -0.39 is 6.10 Å². The fourth-order valence-electron chi connectivity index (χ4n) is 1.16. The zero-order valence-corrected chi connectivity index (χ0v) is 8.81. The Morgan fingerprint density at radius 3 is 3.00 bits per heavy atom. The van der Waals surface area contributed by atoms with Crippen molar-refractivity contribution in [3.05, 3.63) is 35.1 Å². The Bertz CT molecular complexity index is 433. The second-order valence-corrected chi connectivity index (χ2v) is 3.50. The van der Waals surface area contributed by atoms with Crippen molar-refractivity contribution in [1.29, 1.82) is 0 Å². The first kappa shape index (κ1) is 10.0. The maximum absolute atomic E-state index is 9.91. The van der Waals surface area contributed by atoms with Gasteiger partial charge in [0.15, 0.2) is 0 Å². The topological polar surface area (TPSA) is 68.1 Å². The number of methoxy groups -OCH3 is 1. The lowest BCUT2D eigenvalue weighted by atomic mass is 10.1. The van der Waals surface area contributed by atoms with Crippen molar-refractivity contribution in [3.8, 4) is 5.75 Å². The summed E-state index contributed by atoms with van der Waals surface area (Å²) in [7, 11) is 1.55. The van der Waals surface area contributed by atoms with Gasteiger partial charge in [-0.3, -0.25) is 4.98 Å². The Morgan fingerprint density at radius 1 is 1.47 bits per heavy atom. The fourth-order valence-corrected chi connectivity index (χ4v) is 1.63. The highest BCUT2D eigenvalue weighted by atomic mass is 32.1. The minimum atomic E-state index is -0.800. The van der Waals surface area contributed by atoms with Crippen LogP contribution in [0.25, 0.3) is 0 Å². The molecule has 6 heteroatoms. The molecule has 5 nitrogen and oxygen atoms in total. The molecule has 0 saturated heterocycles. The molecule has 0 bridgehead atoms. The highest BCUT2D eigenvalue weighted by Gasteiger charge is 2.14. The summed E-state index contributed by atoms with van der Waals surface area (Å²) in [5.41, 5.74) is 1.16. The second-order valence-electron chi connectivity index (χ2n) is 2.89. The van der Waals surface area contributed by atoms with Gasteiger partial charge in [-0.05, 0) is 17.6 Å². The monoisotopic (exact) mass is 223 g/mol. The molecule has 0 fully saturated rings. The molecular weight excluding hydrogens is 214 g/mol. The van der Waals surface area contributed by atoms with Crippen LogP contribution >= 0.6 is 11.5 Å². The maximum atomic E-state index is 9.91. The molecule has 0 aliphatic rings. The molecule has 0 saturated carbocycles. The first-order valence-corrected chi connectivity index (χ1v) is 5.09. The van der Waals surface area contributed by atoms with Crippen molar-refractivity contribution in [2.45, 2.75) is 6.10 Å². The lowest BCUT2D eigenvalue weighted by molar-refractivity contribution is 0.214. The minimum Gasteiger partial charge on any atom is -0.495 e. The van der Waals surface area contributed by atoms with E-state index >= 15 is 0 Å². The quantitative estimate of drug-likeness (QED) is 0.841. The summed E-state index contributed by atoms with van der Waals surface area (Å²) < 4.78 is 8.71. The lowest BCUT2D eigenvalue weighted by Crippen LogP contribution is -2.01. The van der Waals surface area contributed by atoms with Gasteiger partial charge < -0.3 is 9.84 Å². The number of rotatable bonds is 3. The highest BCUT2D eigenvalue weighted by Crippen LogP contribution is 2.22. The normalized spacial score (nSPS) is 12.4. The van der Waals surface area contributed by atoms with E-state index in [1.165, 1.54) is 11.5 Å². The number of hydrogen-bond donors (Lipinski definition) is 1. The second kappa shape index (κ2) is 4.33. The van der Waals surface area contributed by atoms with Gasteiger partial charge in [-0.15, -0.1) is 5.10 Å². The molecule has 0 aromatic carbocycles. The SMILES string of the molecule is COc1cncc(C(O)c2csnn2)c1. The third-order valence-corrected chi connectivity index (χ3v) is 2.47. The Balaban J connectivity index is 2.29. The third kappa shape index (κ3) is 2.11. The molecule has 0 spiro atoms. The summed E-state index contributed by atoms with van der Waals surface area (Å²) >= 11 is 1.20. The van der Waals surface area contributed by atoms with Crippen LogP contribution in [0.5, 0.6) is 5.75 Å². The van der Waals surface area contributed by atoms with Gasteiger partial charge in [-0.2, -0.15) is 0 Å². The van der Waals surface area contributed by atoms with Crippen molar-refractivity contribution in [2.24, 2.45) is 0 Å². The summed E-state index contributed by atoms with van der Waals surface area (Å²) in [4.78, 5) is 3.96. The van der Waals surface area contributed by atoms with Gasteiger partial charge in [-0.1, -0.05) is 4.49 Å². The Morgan fingerprint density at radius 2 is 2.33 bits per heavy atom. The summed E-state index contributed by atoms with van der Waals surface area (Å²) in [6.45, 7) is 0. The lowest BCUT2D eigenvalue weighted by Gasteiger charge is -2.08. The summed E-state index contributed by atoms with van der Waals surface area (Å²) in [5.74, 6) is 0.606. The van der Waals surface area contributed by atoms with E-state index in [1.54, 1.807) is 30.9 Å². The molecule has 0 amide bonds. The number of nitrogens with zero attached hydrogens (tertiary/aromatic N) is 3. The van der Waals surface area contributed by atoms with E-state index in [0.717, 1.165) is 0 Å². The third-order valence-electron chi connectivity index (χ3n) is 1.94. The molecular formula is C9H9N3O2S. The van der Waals surface area contributed by atoms with Crippen LogP contribution in [0, 0.1) is 0 Å².